The Morgan fingerprint density at radius 2 is 2.33 bits per heavy atom. The third-order valence-corrected chi connectivity index (χ3v) is 1.73. The van der Waals surface area contributed by atoms with Crippen molar-refractivity contribution in [2.75, 3.05) is 5.32 Å². The summed E-state index contributed by atoms with van der Waals surface area (Å²) in [5, 5.41) is 2.61. The van der Waals surface area contributed by atoms with Gasteiger partial charge in [-0.05, 0) is 19.1 Å². The Morgan fingerprint density at radius 3 is 2.93 bits per heavy atom. The molecule has 2 rings (SSSR count). The Labute approximate surface area is 86.2 Å². The Hall–Kier alpha value is -2.17. The molecule has 0 saturated heterocycles. The fourth-order valence-electron chi connectivity index (χ4n) is 1.08. The molecule has 15 heavy (non-hydrogen) atoms. The summed E-state index contributed by atoms with van der Waals surface area (Å²) in [4.78, 5) is 19.2. The van der Waals surface area contributed by atoms with Crippen molar-refractivity contribution in [3.63, 3.8) is 0 Å². The van der Waals surface area contributed by atoms with E-state index in [2.05, 4.69) is 15.3 Å². The smallest absolute Gasteiger partial charge is 0.311 e. The molecule has 0 spiro atoms. The zero-order valence-corrected chi connectivity index (χ0v) is 8.10. The number of carbonyl (C=O) groups is 1. The van der Waals surface area contributed by atoms with Crippen LogP contribution in [0.3, 0.4) is 0 Å². The van der Waals surface area contributed by atoms with E-state index in [4.69, 9.17) is 4.42 Å². The second-order valence-electron chi connectivity index (χ2n) is 2.97. The molecule has 0 atom stereocenters. The van der Waals surface area contributed by atoms with E-state index in [1.165, 1.54) is 6.20 Å². The van der Waals surface area contributed by atoms with Crippen LogP contribution in [0, 0.1) is 6.92 Å². The SMILES string of the molecule is Cc1cnc(C(=O)Nc2cccnc2)o1. The molecule has 76 valence electrons. The summed E-state index contributed by atoms with van der Waals surface area (Å²) in [5.41, 5.74) is 0.610. The minimum atomic E-state index is -0.379. The first-order chi connectivity index (χ1) is 7.25. The van der Waals surface area contributed by atoms with Crippen molar-refractivity contribution in [3.8, 4) is 0 Å². The van der Waals surface area contributed by atoms with Gasteiger partial charge in [0.25, 0.3) is 5.89 Å². The molecule has 0 bridgehead atoms. The van der Waals surface area contributed by atoms with Crippen molar-refractivity contribution in [3.05, 3.63) is 42.4 Å². The van der Waals surface area contributed by atoms with Crippen molar-refractivity contribution in [2.45, 2.75) is 6.92 Å². The number of nitrogens with one attached hydrogen (secondary N) is 1. The first-order valence-corrected chi connectivity index (χ1v) is 4.39. The number of aryl methyl sites for hydroxylation is 1. The maximum atomic E-state index is 11.5. The molecular weight excluding hydrogens is 194 g/mol. The third kappa shape index (κ3) is 2.19. The Kier molecular flexibility index (Phi) is 2.45. The van der Waals surface area contributed by atoms with E-state index in [1.54, 1.807) is 31.5 Å². The third-order valence-electron chi connectivity index (χ3n) is 1.73. The van der Waals surface area contributed by atoms with Gasteiger partial charge in [-0.1, -0.05) is 0 Å². The van der Waals surface area contributed by atoms with Crippen LogP contribution in [0.5, 0.6) is 0 Å². The van der Waals surface area contributed by atoms with Crippen molar-refractivity contribution in [1.82, 2.24) is 9.97 Å². The standard InChI is InChI=1S/C10H9N3O2/c1-7-5-12-10(15-7)9(14)13-8-3-2-4-11-6-8/h2-6H,1H3,(H,13,14). The molecule has 0 fully saturated rings. The van der Waals surface area contributed by atoms with Gasteiger partial charge in [-0.2, -0.15) is 0 Å². The topological polar surface area (TPSA) is 68.0 Å². The maximum Gasteiger partial charge on any atom is 0.311 e. The molecular formula is C10H9N3O2. The molecule has 0 aliphatic rings. The van der Waals surface area contributed by atoms with Gasteiger partial charge in [-0.15, -0.1) is 0 Å². The van der Waals surface area contributed by atoms with Gasteiger partial charge in [-0.25, -0.2) is 4.98 Å². The highest BCUT2D eigenvalue weighted by Gasteiger charge is 2.11. The minimum absolute atomic E-state index is 0.0522. The largest absolute Gasteiger partial charge is 0.438 e. The molecule has 0 unspecified atom stereocenters. The van der Waals surface area contributed by atoms with Crippen LogP contribution in [-0.4, -0.2) is 15.9 Å². The van der Waals surface area contributed by atoms with Crippen molar-refractivity contribution in [1.29, 1.82) is 0 Å². The van der Waals surface area contributed by atoms with E-state index in [0.717, 1.165) is 0 Å². The lowest BCUT2D eigenvalue weighted by Gasteiger charge is -1.99. The molecule has 0 aromatic carbocycles. The Bertz CT molecular complexity index is 465. The predicted octanol–water partition coefficient (Wildman–Crippen LogP) is 1.63. The number of aromatic nitrogens is 2. The summed E-state index contributed by atoms with van der Waals surface area (Å²) in [6.07, 6.45) is 4.68. The summed E-state index contributed by atoms with van der Waals surface area (Å²) in [7, 11) is 0. The summed E-state index contributed by atoms with van der Waals surface area (Å²) in [6.45, 7) is 1.73. The molecule has 0 aliphatic carbocycles. The van der Waals surface area contributed by atoms with Crippen LogP contribution in [0.4, 0.5) is 5.69 Å². The number of rotatable bonds is 2. The fraction of sp³-hybridized carbons (Fsp3) is 0.100. The quantitative estimate of drug-likeness (QED) is 0.805. The number of hydrogen-bond donors (Lipinski definition) is 1. The Morgan fingerprint density at radius 1 is 1.47 bits per heavy atom. The van der Waals surface area contributed by atoms with Crippen LogP contribution < -0.4 is 5.32 Å². The molecule has 2 aromatic heterocycles. The lowest BCUT2D eigenvalue weighted by molar-refractivity contribution is 0.0989. The number of nitrogens with zero attached hydrogens (tertiary/aromatic N) is 2. The average Bonchev–Trinajstić information content (AvgIpc) is 2.66. The first kappa shape index (κ1) is 9.39. The molecule has 1 N–H and O–H groups in total. The zero-order valence-electron chi connectivity index (χ0n) is 8.10. The molecule has 5 nitrogen and oxygen atoms in total. The molecule has 5 heteroatoms. The molecule has 1 amide bonds. The van der Waals surface area contributed by atoms with Crippen LogP contribution in [0.1, 0.15) is 16.4 Å². The molecule has 0 saturated carbocycles. The van der Waals surface area contributed by atoms with Gasteiger partial charge in [0, 0.05) is 6.20 Å². The molecule has 2 aromatic rings. The average molecular weight is 203 g/mol. The number of pyridine rings is 1. The highest BCUT2D eigenvalue weighted by Crippen LogP contribution is 2.07. The first-order valence-electron chi connectivity index (χ1n) is 4.39. The monoisotopic (exact) mass is 203 g/mol. The van der Waals surface area contributed by atoms with Gasteiger partial charge < -0.3 is 9.73 Å². The summed E-state index contributed by atoms with van der Waals surface area (Å²) >= 11 is 0. The summed E-state index contributed by atoms with van der Waals surface area (Å²) in [5.74, 6) is 0.277. The van der Waals surface area contributed by atoms with E-state index in [1.807, 2.05) is 0 Å². The maximum absolute atomic E-state index is 11.5. The van der Waals surface area contributed by atoms with Crippen molar-refractivity contribution >= 4 is 11.6 Å². The molecule has 2 heterocycles. The lowest BCUT2D eigenvalue weighted by atomic mass is 10.4. The van der Waals surface area contributed by atoms with Crippen LogP contribution in [0.25, 0.3) is 0 Å². The van der Waals surface area contributed by atoms with Gasteiger partial charge in [0.15, 0.2) is 0 Å². The number of hydrogen-bond acceptors (Lipinski definition) is 4. The fourth-order valence-corrected chi connectivity index (χ4v) is 1.08. The van der Waals surface area contributed by atoms with Crippen LogP contribution in [0.2, 0.25) is 0 Å². The number of anilines is 1. The van der Waals surface area contributed by atoms with E-state index in [9.17, 15) is 4.79 Å². The number of carbonyl (C=O) groups excluding carboxylic acids is 1. The zero-order chi connectivity index (χ0) is 10.7. The summed E-state index contributed by atoms with van der Waals surface area (Å²) in [6, 6.07) is 3.47. The lowest BCUT2D eigenvalue weighted by Crippen LogP contribution is -2.12. The normalized spacial score (nSPS) is 9.93. The van der Waals surface area contributed by atoms with E-state index in [0.29, 0.717) is 11.4 Å². The van der Waals surface area contributed by atoms with E-state index < -0.39 is 0 Å². The van der Waals surface area contributed by atoms with E-state index >= 15 is 0 Å². The minimum Gasteiger partial charge on any atom is -0.438 e. The van der Waals surface area contributed by atoms with Crippen LogP contribution in [0.15, 0.2) is 35.1 Å². The van der Waals surface area contributed by atoms with Gasteiger partial charge in [-0.3, -0.25) is 9.78 Å². The highest BCUT2D eigenvalue weighted by atomic mass is 16.4. The van der Waals surface area contributed by atoms with Gasteiger partial charge in [0.1, 0.15) is 5.76 Å². The highest BCUT2D eigenvalue weighted by molar-refractivity contribution is 6.00. The van der Waals surface area contributed by atoms with Gasteiger partial charge >= 0.3 is 5.91 Å². The Balaban J connectivity index is 2.11. The van der Waals surface area contributed by atoms with Crippen molar-refractivity contribution in [2.24, 2.45) is 0 Å². The second kappa shape index (κ2) is 3.91. The van der Waals surface area contributed by atoms with E-state index in [-0.39, 0.29) is 11.8 Å². The van der Waals surface area contributed by atoms with Gasteiger partial charge in [0.05, 0.1) is 18.1 Å². The van der Waals surface area contributed by atoms with Gasteiger partial charge in [0.2, 0.25) is 0 Å². The van der Waals surface area contributed by atoms with Crippen LogP contribution in [-0.2, 0) is 0 Å². The predicted molar refractivity (Wildman–Crippen MR) is 53.4 cm³/mol. The molecule has 0 aliphatic heterocycles. The number of oxazole rings is 1. The van der Waals surface area contributed by atoms with Crippen molar-refractivity contribution < 1.29 is 9.21 Å². The van der Waals surface area contributed by atoms with Crippen LogP contribution >= 0.6 is 0 Å². The second-order valence-corrected chi connectivity index (χ2v) is 2.97. The molecule has 0 radical (unpaired) electrons. The summed E-state index contributed by atoms with van der Waals surface area (Å²) < 4.78 is 5.07. The number of amides is 1.